The SMILES string of the molecule is C1=CC2=C(CC1)C1(c3ccccc3-c3c1ccc1c3[nH]c3ccccc31)c1ccc3c([nH]c4ccccc43)c12. The van der Waals surface area contributed by atoms with Crippen LogP contribution in [0, 0.1) is 0 Å². The van der Waals surface area contributed by atoms with Crippen molar-refractivity contribution in [3.63, 3.8) is 0 Å². The van der Waals surface area contributed by atoms with Gasteiger partial charge in [0.15, 0.2) is 0 Å². The van der Waals surface area contributed by atoms with Gasteiger partial charge in [-0.1, -0.05) is 97.1 Å². The molecule has 2 heterocycles. The first kappa shape index (κ1) is 20.2. The van der Waals surface area contributed by atoms with E-state index in [4.69, 9.17) is 0 Å². The number of para-hydroxylation sites is 2. The van der Waals surface area contributed by atoms with Gasteiger partial charge in [-0.25, -0.2) is 0 Å². The fraction of sp³-hybridized carbons (Fsp3) is 0.0811. The van der Waals surface area contributed by atoms with Gasteiger partial charge in [0.1, 0.15) is 0 Å². The highest BCUT2D eigenvalue weighted by Gasteiger charge is 2.53. The monoisotopic (exact) mass is 496 g/mol. The molecule has 0 fully saturated rings. The molecular weight excluding hydrogens is 472 g/mol. The van der Waals surface area contributed by atoms with Gasteiger partial charge in [0.2, 0.25) is 0 Å². The fourth-order valence-electron chi connectivity index (χ4n) is 8.26. The van der Waals surface area contributed by atoms with Crippen LogP contribution in [0.4, 0.5) is 0 Å². The third-order valence-electron chi connectivity index (χ3n) is 9.67. The van der Waals surface area contributed by atoms with Crippen LogP contribution in [-0.4, -0.2) is 9.97 Å². The maximum Gasteiger partial charge on any atom is 0.0690 e. The maximum absolute atomic E-state index is 3.84. The smallest absolute Gasteiger partial charge is 0.0690 e. The van der Waals surface area contributed by atoms with Crippen molar-refractivity contribution in [1.29, 1.82) is 0 Å². The van der Waals surface area contributed by atoms with Gasteiger partial charge in [0, 0.05) is 43.7 Å². The fourth-order valence-corrected chi connectivity index (χ4v) is 8.26. The van der Waals surface area contributed by atoms with Crippen molar-refractivity contribution in [2.75, 3.05) is 0 Å². The Morgan fingerprint density at radius 3 is 1.90 bits per heavy atom. The van der Waals surface area contributed by atoms with Crippen molar-refractivity contribution in [2.45, 2.75) is 18.3 Å². The molecule has 0 amide bonds. The molecule has 3 aliphatic rings. The number of benzene rings is 5. The standard InChI is InChI=1S/C37H24N2/c1-5-13-27-25(11-1)33-29(19-17-23-21-9-3-7-15-31(21)38-35(23)33)37(27)28-14-6-2-12-26(28)34-30(37)20-18-24-22-10-4-8-16-32(22)39-36(24)34/h1-5,7-13,15-20,38-39H,6,14H2. The lowest BCUT2D eigenvalue weighted by Gasteiger charge is -2.33. The molecule has 1 unspecified atom stereocenters. The van der Waals surface area contributed by atoms with Crippen molar-refractivity contribution in [3.05, 3.63) is 137 Å². The van der Waals surface area contributed by atoms with Gasteiger partial charge in [-0.2, -0.15) is 0 Å². The third-order valence-corrected chi connectivity index (χ3v) is 9.67. The second-order valence-electron chi connectivity index (χ2n) is 11.3. The summed E-state index contributed by atoms with van der Waals surface area (Å²) < 4.78 is 0. The molecule has 2 N–H and O–H groups in total. The molecule has 0 saturated carbocycles. The van der Waals surface area contributed by atoms with Crippen molar-refractivity contribution in [1.82, 2.24) is 9.97 Å². The molecule has 3 aliphatic carbocycles. The zero-order valence-corrected chi connectivity index (χ0v) is 21.3. The van der Waals surface area contributed by atoms with Crippen LogP contribution in [-0.2, 0) is 5.41 Å². The van der Waals surface area contributed by atoms with Crippen LogP contribution >= 0.6 is 0 Å². The summed E-state index contributed by atoms with van der Waals surface area (Å²) in [5.41, 5.74) is 16.0. The molecule has 39 heavy (non-hydrogen) atoms. The van der Waals surface area contributed by atoms with E-state index in [1.54, 1.807) is 5.57 Å². The Bertz CT molecular complexity index is 2290. The quantitative estimate of drug-likeness (QED) is 0.210. The minimum absolute atomic E-state index is 0.279. The van der Waals surface area contributed by atoms with E-state index in [2.05, 4.69) is 119 Å². The van der Waals surface area contributed by atoms with Crippen LogP contribution in [0.2, 0.25) is 0 Å². The minimum atomic E-state index is -0.279. The van der Waals surface area contributed by atoms with E-state index in [0.29, 0.717) is 0 Å². The number of aromatic amines is 2. The number of H-pyrrole nitrogens is 2. The number of hydrogen-bond acceptors (Lipinski definition) is 0. The average Bonchev–Trinajstić information content (AvgIpc) is 3.71. The summed E-state index contributed by atoms with van der Waals surface area (Å²) in [5.74, 6) is 0. The number of allylic oxidation sites excluding steroid dienone is 4. The molecule has 0 radical (unpaired) electrons. The highest BCUT2D eigenvalue weighted by Crippen LogP contribution is 2.65. The Morgan fingerprint density at radius 2 is 1.15 bits per heavy atom. The van der Waals surface area contributed by atoms with Gasteiger partial charge >= 0.3 is 0 Å². The van der Waals surface area contributed by atoms with Gasteiger partial charge in [0.05, 0.1) is 16.4 Å². The summed E-state index contributed by atoms with van der Waals surface area (Å²) in [6, 6.07) is 36.2. The Labute approximate surface area is 225 Å². The van der Waals surface area contributed by atoms with E-state index in [0.717, 1.165) is 12.8 Å². The molecule has 2 nitrogen and oxygen atoms in total. The Balaban J connectivity index is 1.41. The Kier molecular flexibility index (Phi) is 3.51. The summed E-state index contributed by atoms with van der Waals surface area (Å²) in [6.45, 7) is 0. The lowest BCUT2D eigenvalue weighted by Crippen LogP contribution is -2.27. The molecule has 7 aromatic rings. The molecule has 1 spiro atoms. The predicted octanol–water partition coefficient (Wildman–Crippen LogP) is 9.39. The second-order valence-corrected chi connectivity index (χ2v) is 11.3. The van der Waals surface area contributed by atoms with E-state index in [1.807, 2.05) is 0 Å². The first-order chi connectivity index (χ1) is 19.4. The Morgan fingerprint density at radius 1 is 0.538 bits per heavy atom. The highest BCUT2D eigenvalue weighted by atomic mass is 14.7. The molecule has 2 aromatic heterocycles. The Hall–Kier alpha value is -4.82. The lowest BCUT2D eigenvalue weighted by atomic mass is 9.68. The average molecular weight is 497 g/mol. The van der Waals surface area contributed by atoms with E-state index in [-0.39, 0.29) is 5.41 Å². The van der Waals surface area contributed by atoms with Crippen LogP contribution in [0.25, 0.3) is 60.3 Å². The molecule has 0 aliphatic heterocycles. The van der Waals surface area contributed by atoms with Gasteiger partial charge < -0.3 is 9.97 Å². The summed E-state index contributed by atoms with van der Waals surface area (Å²) in [7, 11) is 0. The molecule has 10 rings (SSSR count). The summed E-state index contributed by atoms with van der Waals surface area (Å²) in [5, 5.41) is 5.20. The van der Waals surface area contributed by atoms with Crippen LogP contribution in [0.5, 0.6) is 0 Å². The van der Waals surface area contributed by atoms with Crippen molar-refractivity contribution < 1.29 is 0 Å². The van der Waals surface area contributed by atoms with Gasteiger partial charge in [-0.05, 0) is 58.4 Å². The number of rotatable bonds is 0. The first-order valence-corrected chi connectivity index (χ1v) is 13.9. The van der Waals surface area contributed by atoms with E-state index < -0.39 is 0 Å². The summed E-state index contributed by atoms with van der Waals surface area (Å²) >= 11 is 0. The largest absolute Gasteiger partial charge is 0.354 e. The van der Waals surface area contributed by atoms with Gasteiger partial charge in [-0.3, -0.25) is 0 Å². The van der Waals surface area contributed by atoms with Crippen LogP contribution in [0.15, 0.2) is 115 Å². The van der Waals surface area contributed by atoms with E-state index in [1.165, 1.54) is 82.6 Å². The van der Waals surface area contributed by atoms with Crippen molar-refractivity contribution in [2.24, 2.45) is 0 Å². The molecule has 2 heteroatoms. The van der Waals surface area contributed by atoms with E-state index in [9.17, 15) is 0 Å². The molecule has 182 valence electrons. The number of aromatic nitrogens is 2. The highest BCUT2D eigenvalue weighted by molar-refractivity contribution is 6.17. The predicted molar refractivity (Wildman–Crippen MR) is 162 cm³/mol. The van der Waals surface area contributed by atoms with Crippen molar-refractivity contribution in [3.8, 4) is 11.1 Å². The van der Waals surface area contributed by atoms with E-state index >= 15 is 0 Å². The van der Waals surface area contributed by atoms with Gasteiger partial charge in [-0.15, -0.1) is 0 Å². The van der Waals surface area contributed by atoms with Crippen LogP contribution in [0.3, 0.4) is 0 Å². The molecular formula is C37H24N2. The van der Waals surface area contributed by atoms with Crippen molar-refractivity contribution >= 4 is 49.2 Å². The summed E-state index contributed by atoms with van der Waals surface area (Å²) in [6.07, 6.45) is 6.92. The number of hydrogen-bond donors (Lipinski definition) is 2. The third kappa shape index (κ3) is 2.20. The molecule has 1 atom stereocenters. The maximum atomic E-state index is 3.84. The molecule has 0 saturated heterocycles. The topological polar surface area (TPSA) is 31.6 Å². The zero-order chi connectivity index (χ0) is 25.3. The first-order valence-electron chi connectivity index (χ1n) is 13.9. The minimum Gasteiger partial charge on any atom is -0.354 e. The second kappa shape index (κ2) is 6.78. The molecule has 5 aromatic carbocycles. The number of fused-ring (bicyclic) bond motifs is 17. The normalized spacial score (nSPS) is 19.0. The lowest BCUT2D eigenvalue weighted by molar-refractivity contribution is 0.715. The van der Waals surface area contributed by atoms with Crippen LogP contribution < -0.4 is 0 Å². The number of nitrogens with one attached hydrogen (secondary N) is 2. The molecule has 0 bridgehead atoms. The van der Waals surface area contributed by atoms with Gasteiger partial charge in [0.25, 0.3) is 0 Å². The summed E-state index contributed by atoms with van der Waals surface area (Å²) in [4.78, 5) is 7.67. The zero-order valence-electron chi connectivity index (χ0n) is 21.3. The van der Waals surface area contributed by atoms with Crippen LogP contribution in [0.1, 0.15) is 35.1 Å².